The minimum absolute atomic E-state index is 0.0252. The summed E-state index contributed by atoms with van der Waals surface area (Å²) in [5, 5.41) is 15.1. The van der Waals surface area contributed by atoms with Crippen molar-refractivity contribution in [3.8, 4) is 0 Å². The van der Waals surface area contributed by atoms with Gasteiger partial charge in [-0.15, -0.1) is 11.8 Å². The zero-order chi connectivity index (χ0) is 30.9. The van der Waals surface area contributed by atoms with Crippen molar-refractivity contribution in [3.63, 3.8) is 0 Å². The lowest BCUT2D eigenvalue weighted by Gasteiger charge is -2.41. The summed E-state index contributed by atoms with van der Waals surface area (Å²) in [4.78, 5) is 35.7. The summed E-state index contributed by atoms with van der Waals surface area (Å²) in [6.07, 6.45) is -1.85. The Kier molecular flexibility index (Phi) is 11.4. The van der Waals surface area contributed by atoms with E-state index in [1.165, 1.54) is 20.8 Å². The van der Waals surface area contributed by atoms with E-state index in [-0.39, 0.29) is 43.1 Å². The molecule has 1 aliphatic heterocycles. The summed E-state index contributed by atoms with van der Waals surface area (Å²) in [6, 6.07) is 23.2. The van der Waals surface area contributed by atoms with Gasteiger partial charge in [-0.3, -0.25) is 14.4 Å². The molecule has 0 radical (unpaired) electrons. The van der Waals surface area contributed by atoms with Crippen LogP contribution in [0.2, 0.25) is 0 Å². The highest BCUT2D eigenvalue weighted by Crippen LogP contribution is 2.43. The van der Waals surface area contributed by atoms with Gasteiger partial charge >= 0.3 is 5.97 Å². The molecule has 1 aliphatic rings. The van der Waals surface area contributed by atoms with E-state index in [1.807, 2.05) is 72.8 Å². The Balaban J connectivity index is 1.47. The number of aliphatic hydroxyl groups excluding tert-OH is 1. The van der Waals surface area contributed by atoms with Gasteiger partial charge in [0.1, 0.15) is 0 Å². The van der Waals surface area contributed by atoms with E-state index in [0.717, 1.165) is 32.8 Å². The van der Waals surface area contributed by atoms with Gasteiger partial charge in [0.2, 0.25) is 5.91 Å². The fourth-order valence-corrected chi connectivity index (χ4v) is 5.82. The minimum atomic E-state index is -0.865. The number of esters is 1. The first-order chi connectivity index (χ1) is 20.6. The van der Waals surface area contributed by atoms with Crippen LogP contribution in [-0.2, 0) is 41.7 Å². The average molecular weight is 607 g/mol. The van der Waals surface area contributed by atoms with Gasteiger partial charge in [-0.05, 0) is 47.9 Å². The maximum Gasteiger partial charge on any atom is 0.303 e. The Morgan fingerprint density at radius 1 is 0.907 bits per heavy atom. The monoisotopic (exact) mass is 606 g/mol. The smallest absolute Gasteiger partial charge is 0.303 e. The standard InChI is InChI=1S/C33H38N2O7S/c1-20-30(19-43-29-15-13-28(14-16-29)35-22(3)37)41-33(42-31(20)26-9-7-25(18-36)8-10-26)27-11-5-24(6-12-27)17-34-32(39)21(2)40-23(4)38/h5-16,20-21,30-31,33,36H,17-19H2,1-4H3,(H,34,39)(H,35,37)/t20-,21-,30+,31+,33+/m0/s1. The largest absolute Gasteiger partial charge is 0.453 e. The number of carbonyl (C=O) groups is 3. The molecule has 43 heavy (non-hydrogen) atoms. The zero-order valence-corrected chi connectivity index (χ0v) is 25.6. The van der Waals surface area contributed by atoms with Gasteiger partial charge in [-0.2, -0.15) is 0 Å². The van der Waals surface area contributed by atoms with Crippen molar-refractivity contribution in [1.29, 1.82) is 0 Å². The second kappa shape index (κ2) is 15.2. The molecule has 1 heterocycles. The summed E-state index contributed by atoms with van der Waals surface area (Å²) in [5.41, 5.74) is 4.32. The van der Waals surface area contributed by atoms with Crippen LogP contribution in [0.15, 0.2) is 77.7 Å². The van der Waals surface area contributed by atoms with Gasteiger partial charge in [0, 0.05) is 48.2 Å². The summed E-state index contributed by atoms with van der Waals surface area (Å²) in [6.45, 7) is 6.66. The molecule has 5 atom stereocenters. The zero-order valence-electron chi connectivity index (χ0n) is 24.7. The second-order valence-electron chi connectivity index (χ2n) is 10.5. The first-order valence-electron chi connectivity index (χ1n) is 14.2. The van der Waals surface area contributed by atoms with Gasteiger partial charge in [-0.1, -0.05) is 55.5 Å². The summed E-state index contributed by atoms with van der Waals surface area (Å²) in [5.74, 6) is -0.256. The first kappa shape index (κ1) is 32.2. The highest BCUT2D eigenvalue weighted by atomic mass is 32.2. The first-order valence-corrected chi connectivity index (χ1v) is 15.2. The number of nitrogens with one attached hydrogen (secondary N) is 2. The number of aliphatic hydroxyl groups is 1. The molecule has 4 rings (SSSR count). The van der Waals surface area contributed by atoms with E-state index in [2.05, 4.69) is 17.6 Å². The SMILES string of the molecule is CC(=O)Nc1ccc(SC[C@H]2O[C@@H](c3ccc(CNC(=O)[C@H](C)OC(C)=O)cc3)O[C@@H](c3ccc(CO)cc3)[C@H]2C)cc1. The van der Waals surface area contributed by atoms with Crippen molar-refractivity contribution >= 4 is 35.2 Å². The van der Waals surface area contributed by atoms with Crippen LogP contribution in [0.25, 0.3) is 0 Å². The maximum atomic E-state index is 12.2. The Bertz CT molecular complexity index is 1380. The molecule has 3 N–H and O–H groups in total. The molecule has 1 saturated heterocycles. The molecular weight excluding hydrogens is 568 g/mol. The van der Waals surface area contributed by atoms with Crippen molar-refractivity contribution in [2.75, 3.05) is 11.1 Å². The van der Waals surface area contributed by atoms with Crippen molar-refractivity contribution in [2.45, 2.75) is 70.3 Å². The van der Waals surface area contributed by atoms with Crippen LogP contribution in [0.4, 0.5) is 5.69 Å². The molecule has 0 aromatic heterocycles. The quantitative estimate of drug-likeness (QED) is 0.199. The van der Waals surface area contributed by atoms with Crippen LogP contribution < -0.4 is 10.6 Å². The Hall–Kier alpha value is -3.70. The molecule has 0 saturated carbocycles. The molecule has 10 heteroatoms. The van der Waals surface area contributed by atoms with E-state index < -0.39 is 18.4 Å². The van der Waals surface area contributed by atoms with E-state index in [0.29, 0.717) is 5.75 Å². The predicted octanol–water partition coefficient (Wildman–Crippen LogP) is 5.29. The Morgan fingerprint density at radius 3 is 2.14 bits per heavy atom. The van der Waals surface area contributed by atoms with Crippen molar-refractivity contribution in [1.82, 2.24) is 5.32 Å². The third-order valence-electron chi connectivity index (χ3n) is 7.14. The summed E-state index contributed by atoms with van der Waals surface area (Å²) >= 11 is 1.68. The highest BCUT2D eigenvalue weighted by molar-refractivity contribution is 7.99. The Morgan fingerprint density at radius 2 is 1.53 bits per heavy atom. The Labute approximate surface area is 256 Å². The number of carbonyl (C=O) groups excluding carboxylic acids is 3. The van der Waals surface area contributed by atoms with Crippen LogP contribution in [0.5, 0.6) is 0 Å². The number of benzene rings is 3. The van der Waals surface area contributed by atoms with E-state index in [9.17, 15) is 19.5 Å². The van der Waals surface area contributed by atoms with Crippen LogP contribution in [0, 0.1) is 5.92 Å². The topological polar surface area (TPSA) is 123 Å². The lowest BCUT2D eigenvalue weighted by atomic mass is 9.91. The van der Waals surface area contributed by atoms with Crippen LogP contribution in [0.1, 0.15) is 62.3 Å². The third-order valence-corrected chi connectivity index (χ3v) is 8.24. The number of hydrogen-bond acceptors (Lipinski definition) is 8. The van der Waals surface area contributed by atoms with E-state index in [4.69, 9.17) is 14.2 Å². The number of hydrogen-bond donors (Lipinski definition) is 3. The second-order valence-corrected chi connectivity index (χ2v) is 11.6. The normalized spacial score (nSPS) is 20.6. The lowest BCUT2D eigenvalue weighted by molar-refractivity contribution is -0.268. The fraction of sp³-hybridized carbons (Fsp3) is 0.364. The van der Waals surface area contributed by atoms with Crippen molar-refractivity contribution in [3.05, 3.63) is 95.1 Å². The van der Waals surface area contributed by atoms with Gasteiger partial charge in [-0.25, -0.2) is 0 Å². The molecule has 228 valence electrons. The van der Waals surface area contributed by atoms with Crippen LogP contribution in [0.3, 0.4) is 0 Å². The average Bonchev–Trinajstić information content (AvgIpc) is 3.00. The molecule has 2 amide bonds. The number of anilines is 1. The van der Waals surface area contributed by atoms with Crippen molar-refractivity contribution in [2.24, 2.45) is 5.92 Å². The lowest BCUT2D eigenvalue weighted by Crippen LogP contribution is -2.38. The van der Waals surface area contributed by atoms with Gasteiger partial charge in [0.15, 0.2) is 12.4 Å². The van der Waals surface area contributed by atoms with Gasteiger partial charge < -0.3 is 30.0 Å². The molecule has 0 unspecified atom stereocenters. The third kappa shape index (κ3) is 9.14. The highest BCUT2D eigenvalue weighted by Gasteiger charge is 2.38. The van der Waals surface area contributed by atoms with Gasteiger partial charge in [0.25, 0.3) is 5.91 Å². The predicted molar refractivity (Wildman–Crippen MR) is 164 cm³/mol. The minimum Gasteiger partial charge on any atom is -0.453 e. The number of rotatable bonds is 11. The van der Waals surface area contributed by atoms with Crippen molar-refractivity contribution < 1.29 is 33.7 Å². The molecular formula is C33H38N2O7S. The molecule has 9 nitrogen and oxygen atoms in total. The maximum absolute atomic E-state index is 12.2. The fourth-order valence-electron chi connectivity index (χ4n) is 4.75. The van der Waals surface area contributed by atoms with Gasteiger partial charge in [0.05, 0.1) is 18.8 Å². The summed E-state index contributed by atoms with van der Waals surface area (Å²) < 4.78 is 18.0. The molecule has 0 aliphatic carbocycles. The molecule has 1 fully saturated rings. The van der Waals surface area contributed by atoms with Crippen LogP contribution >= 0.6 is 11.8 Å². The van der Waals surface area contributed by atoms with E-state index in [1.54, 1.807) is 11.8 Å². The molecule has 0 bridgehead atoms. The molecule has 3 aromatic carbocycles. The number of ether oxygens (including phenoxy) is 3. The van der Waals surface area contributed by atoms with Crippen LogP contribution in [-0.4, -0.2) is 40.9 Å². The van der Waals surface area contributed by atoms with E-state index >= 15 is 0 Å². The number of amides is 2. The number of thioether (sulfide) groups is 1. The summed E-state index contributed by atoms with van der Waals surface area (Å²) in [7, 11) is 0. The molecule has 3 aromatic rings. The molecule has 0 spiro atoms.